The lowest BCUT2D eigenvalue weighted by atomic mass is 9.84. The largest absolute Gasteiger partial charge is 0.426 e. The van der Waals surface area contributed by atoms with E-state index in [1.54, 1.807) is 6.07 Å². The molecule has 0 bridgehead atoms. The van der Waals surface area contributed by atoms with Gasteiger partial charge in [0.2, 0.25) is 0 Å². The van der Waals surface area contributed by atoms with E-state index in [2.05, 4.69) is 0 Å². The van der Waals surface area contributed by atoms with Crippen molar-refractivity contribution >= 4 is 5.97 Å². The van der Waals surface area contributed by atoms with Crippen LogP contribution >= 0.6 is 0 Å². The quantitative estimate of drug-likeness (QED) is 0.602. The Balaban J connectivity index is 1.96. The van der Waals surface area contributed by atoms with Crippen molar-refractivity contribution in [3.63, 3.8) is 0 Å². The van der Waals surface area contributed by atoms with E-state index in [1.807, 2.05) is 24.3 Å². The molecule has 1 saturated carbocycles. The van der Waals surface area contributed by atoms with Gasteiger partial charge < -0.3 is 4.74 Å². The van der Waals surface area contributed by atoms with Crippen LogP contribution in [0.1, 0.15) is 50.0 Å². The molecular weight excluding hydrogens is 226 g/mol. The molecule has 94 valence electrons. The van der Waals surface area contributed by atoms with Crippen LogP contribution in [0.3, 0.4) is 0 Å². The zero-order valence-corrected chi connectivity index (χ0v) is 10.4. The summed E-state index contributed by atoms with van der Waals surface area (Å²) in [7, 11) is 0. The molecule has 0 aliphatic heterocycles. The van der Waals surface area contributed by atoms with Crippen LogP contribution in [0.4, 0.5) is 0 Å². The van der Waals surface area contributed by atoms with Gasteiger partial charge in [-0.3, -0.25) is 4.79 Å². The van der Waals surface area contributed by atoms with Crippen LogP contribution in [-0.4, -0.2) is 5.97 Å². The lowest BCUT2D eigenvalue weighted by Gasteiger charge is -2.21. The predicted molar refractivity (Wildman–Crippen MR) is 68.1 cm³/mol. The molecule has 1 aliphatic carbocycles. The highest BCUT2D eigenvalue weighted by molar-refractivity contribution is 5.74. The molecule has 1 aromatic rings. The Morgan fingerprint density at radius 2 is 1.89 bits per heavy atom. The van der Waals surface area contributed by atoms with Crippen LogP contribution in [0.25, 0.3) is 0 Å². The van der Waals surface area contributed by atoms with Crippen LogP contribution in [0.2, 0.25) is 0 Å². The highest BCUT2D eigenvalue weighted by Gasteiger charge is 2.15. The average Bonchev–Trinajstić information content (AvgIpc) is 2.41. The molecule has 1 fully saturated rings. The molecule has 0 spiro atoms. The van der Waals surface area contributed by atoms with Gasteiger partial charge in [0.15, 0.2) is 0 Å². The molecular formula is C15H17NO2. The summed E-state index contributed by atoms with van der Waals surface area (Å²) in [5.41, 5.74) is 1.33. The maximum Gasteiger partial charge on any atom is 0.325 e. The van der Waals surface area contributed by atoms with E-state index in [4.69, 9.17) is 10.00 Å². The van der Waals surface area contributed by atoms with Crippen molar-refractivity contribution in [1.29, 1.82) is 5.26 Å². The molecule has 18 heavy (non-hydrogen) atoms. The van der Waals surface area contributed by atoms with Crippen LogP contribution in [0.5, 0.6) is 5.75 Å². The van der Waals surface area contributed by atoms with Gasteiger partial charge in [0.25, 0.3) is 0 Å². The van der Waals surface area contributed by atoms with Crippen molar-refractivity contribution in [3.05, 3.63) is 29.8 Å². The Labute approximate surface area is 107 Å². The summed E-state index contributed by atoms with van der Waals surface area (Å²) in [4.78, 5) is 11.2. The molecule has 0 saturated heterocycles. The zero-order valence-electron chi connectivity index (χ0n) is 10.4. The first kappa shape index (κ1) is 12.6. The van der Waals surface area contributed by atoms with Crippen molar-refractivity contribution < 1.29 is 9.53 Å². The summed E-state index contributed by atoms with van der Waals surface area (Å²) < 4.78 is 5.04. The summed E-state index contributed by atoms with van der Waals surface area (Å²) in [5, 5.41) is 8.38. The fourth-order valence-electron chi connectivity index (χ4n) is 2.48. The SMILES string of the molecule is N#CCC(=O)Oc1ccc(C2CCCCC2)cc1. The number of nitrogens with zero attached hydrogens (tertiary/aromatic N) is 1. The molecule has 3 nitrogen and oxygen atoms in total. The van der Waals surface area contributed by atoms with Crippen molar-refractivity contribution in [2.45, 2.75) is 44.4 Å². The third kappa shape index (κ3) is 3.33. The Hall–Kier alpha value is -1.82. The molecule has 0 radical (unpaired) electrons. The van der Waals surface area contributed by atoms with Gasteiger partial charge in [0.1, 0.15) is 12.2 Å². The first-order chi connectivity index (χ1) is 8.79. The summed E-state index contributed by atoms with van der Waals surface area (Å²) in [6.45, 7) is 0. The predicted octanol–water partition coefficient (Wildman–Crippen LogP) is 3.55. The van der Waals surface area contributed by atoms with E-state index < -0.39 is 5.97 Å². The van der Waals surface area contributed by atoms with Gasteiger partial charge >= 0.3 is 5.97 Å². The van der Waals surface area contributed by atoms with Gasteiger partial charge in [0, 0.05) is 0 Å². The summed E-state index contributed by atoms with van der Waals surface area (Å²) in [6, 6.07) is 9.48. The summed E-state index contributed by atoms with van der Waals surface area (Å²) >= 11 is 0. The average molecular weight is 243 g/mol. The fourth-order valence-corrected chi connectivity index (χ4v) is 2.48. The second kappa shape index (κ2) is 6.20. The number of carbonyl (C=O) groups excluding carboxylic acids is 1. The van der Waals surface area contributed by atoms with Gasteiger partial charge in [-0.2, -0.15) is 5.26 Å². The van der Waals surface area contributed by atoms with Gasteiger partial charge in [-0.15, -0.1) is 0 Å². The molecule has 1 aromatic carbocycles. The third-order valence-corrected chi connectivity index (χ3v) is 3.41. The van der Waals surface area contributed by atoms with Crippen LogP contribution < -0.4 is 4.74 Å². The Morgan fingerprint density at radius 3 is 2.50 bits per heavy atom. The zero-order chi connectivity index (χ0) is 12.8. The fraction of sp³-hybridized carbons (Fsp3) is 0.467. The summed E-state index contributed by atoms with van der Waals surface area (Å²) in [5.74, 6) is 0.681. The molecule has 0 amide bonds. The van der Waals surface area contributed by atoms with Crippen molar-refractivity contribution in [1.82, 2.24) is 0 Å². The minimum absolute atomic E-state index is 0.204. The topological polar surface area (TPSA) is 50.1 Å². The van der Waals surface area contributed by atoms with E-state index >= 15 is 0 Å². The minimum Gasteiger partial charge on any atom is -0.426 e. The van der Waals surface area contributed by atoms with Gasteiger partial charge in [0.05, 0.1) is 6.07 Å². The van der Waals surface area contributed by atoms with Crippen LogP contribution in [0.15, 0.2) is 24.3 Å². The van der Waals surface area contributed by atoms with Gasteiger partial charge in [-0.1, -0.05) is 31.4 Å². The third-order valence-electron chi connectivity index (χ3n) is 3.41. The lowest BCUT2D eigenvalue weighted by Crippen LogP contribution is -2.07. The first-order valence-corrected chi connectivity index (χ1v) is 6.47. The van der Waals surface area contributed by atoms with E-state index in [0.29, 0.717) is 11.7 Å². The van der Waals surface area contributed by atoms with Crippen molar-refractivity contribution in [2.75, 3.05) is 0 Å². The monoisotopic (exact) mass is 243 g/mol. The Morgan fingerprint density at radius 1 is 1.22 bits per heavy atom. The Kier molecular flexibility index (Phi) is 4.35. The molecule has 0 aromatic heterocycles. The number of benzene rings is 1. The minimum atomic E-state index is -0.497. The van der Waals surface area contributed by atoms with Gasteiger partial charge in [-0.25, -0.2) is 0 Å². The second-order valence-corrected chi connectivity index (χ2v) is 4.71. The van der Waals surface area contributed by atoms with E-state index in [-0.39, 0.29) is 6.42 Å². The maximum absolute atomic E-state index is 11.2. The van der Waals surface area contributed by atoms with Crippen molar-refractivity contribution in [2.24, 2.45) is 0 Å². The summed E-state index contributed by atoms with van der Waals surface area (Å²) in [6.07, 6.45) is 6.28. The number of carbonyl (C=O) groups is 1. The number of hydrogen-bond donors (Lipinski definition) is 0. The number of hydrogen-bond acceptors (Lipinski definition) is 3. The highest BCUT2D eigenvalue weighted by Crippen LogP contribution is 2.33. The second-order valence-electron chi connectivity index (χ2n) is 4.71. The van der Waals surface area contributed by atoms with E-state index in [0.717, 1.165) is 0 Å². The number of rotatable bonds is 3. The number of nitriles is 1. The van der Waals surface area contributed by atoms with E-state index in [1.165, 1.54) is 37.7 Å². The van der Waals surface area contributed by atoms with Gasteiger partial charge in [-0.05, 0) is 36.5 Å². The molecule has 1 aliphatic rings. The van der Waals surface area contributed by atoms with Crippen molar-refractivity contribution in [3.8, 4) is 11.8 Å². The number of ether oxygens (including phenoxy) is 1. The van der Waals surface area contributed by atoms with Crippen LogP contribution in [0, 0.1) is 11.3 Å². The first-order valence-electron chi connectivity index (χ1n) is 6.47. The normalized spacial score (nSPS) is 15.9. The standard InChI is InChI=1S/C15H17NO2/c16-11-10-15(17)18-14-8-6-13(7-9-14)12-4-2-1-3-5-12/h6-9,12H,1-5,10H2. The molecule has 0 heterocycles. The smallest absolute Gasteiger partial charge is 0.325 e. The Bertz CT molecular complexity index is 439. The molecule has 0 atom stereocenters. The molecule has 0 N–H and O–H groups in total. The number of esters is 1. The highest BCUT2D eigenvalue weighted by atomic mass is 16.5. The molecule has 2 rings (SSSR count). The molecule has 3 heteroatoms. The maximum atomic E-state index is 11.2. The molecule has 0 unspecified atom stereocenters. The van der Waals surface area contributed by atoms with E-state index in [9.17, 15) is 4.79 Å². The van der Waals surface area contributed by atoms with Crippen LogP contribution in [-0.2, 0) is 4.79 Å². The lowest BCUT2D eigenvalue weighted by molar-refractivity contribution is -0.133.